The van der Waals surface area contributed by atoms with Crippen LogP contribution in [-0.4, -0.2) is 7.11 Å². The van der Waals surface area contributed by atoms with Crippen LogP contribution in [0.1, 0.15) is 17.2 Å². The minimum absolute atomic E-state index is 0.0312. The highest BCUT2D eigenvalue weighted by Crippen LogP contribution is 2.28. The molecule has 0 amide bonds. The Kier molecular flexibility index (Phi) is 5.24. The highest BCUT2D eigenvalue weighted by Gasteiger charge is 2.13. The number of ether oxygens (including phenoxy) is 1. The number of nitrogens with two attached hydrogens (primary N) is 1. The van der Waals surface area contributed by atoms with E-state index in [0.717, 1.165) is 22.2 Å². The van der Waals surface area contributed by atoms with Crippen molar-refractivity contribution in [3.8, 4) is 5.75 Å². The molecule has 1 unspecified atom stereocenters. The fourth-order valence-corrected chi connectivity index (χ4v) is 3.23. The summed E-state index contributed by atoms with van der Waals surface area (Å²) in [5.41, 5.74) is 8.61. The van der Waals surface area contributed by atoms with Crippen molar-refractivity contribution >= 4 is 38.5 Å². The van der Waals surface area contributed by atoms with Gasteiger partial charge < -0.3 is 10.5 Å². The fourth-order valence-electron chi connectivity index (χ4n) is 2.03. The highest BCUT2D eigenvalue weighted by atomic mass is 127. The van der Waals surface area contributed by atoms with E-state index >= 15 is 0 Å². The number of halogens is 2. The molecule has 0 aliphatic rings. The Morgan fingerprint density at radius 2 is 2.00 bits per heavy atom. The van der Waals surface area contributed by atoms with Crippen LogP contribution in [0.4, 0.5) is 0 Å². The lowest BCUT2D eigenvalue weighted by atomic mass is 9.99. The second kappa shape index (κ2) is 6.72. The predicted molar refractivity (Wildman–Crippen MR) is 90.5 cm³/mol. The van der Waals surface area contributed by atoms with E-state index < -0.39 is 0 Å². The van der Waals surface area contributed by atoms with Gasteiger partial charge in [0.25, 0.3) is 0 Å². The minimum atomic E-state index is -0.0312. The Bertz CT molecular complexity index is 574. The van der Waals surface area contributed by atoms with Crippen LogP contribution in [0, 0.1) is 3.57 Å². The summed E-state index contributed by atoms with van der Waals surface area (Å²) in [7, 11) is 1.69. The molecule has 4 heteroatoms. The standard InChI is InChI=1S/C15H15BrINO/c1-19-15-7-6-11(16)8-10(15)9-14(18)12-4-2-3-5-13(12)17/h2-8,14H,9,18H2,1H3. The molecule has 0 aliphatic carbocycles. The van der Waals surface area contributed by atoms with E-state index in [1.165, 1.54) is 9.13 Å². The molecule has 0 bridgehead atoms. The molecule has 2 aromatic rings. The lowest BCUT2D eigenvalue weighted by molar-refractivity contribution is 0.408. The first-order valence-electron chi connectivity index (χ1n) is 5.94. The third-order valence-electron chi connectivity index (χ3n) is 2.99. The molecule has 0 radical (unpaired) electrons. The summed E-state index contributed by atoms with van der Waals surface area (Å²) in [5.74, 6) is 0.879. The third-order valence-corrected chi connectivity index (χ3v) is 4.46. The average molecular weight is 432 g/mol. The van der Waals surface area contributed by atoms with Crippen molar-refractivity contribution in [3.63, 3.8) is 0 Å². The van der Waals surface area contributed by atoms with Crippen molar-refractivity contribution in [3.05, 3.63) is 61.6 Å². The van der Waals surface area contributed by atoms with Gasteiger partial charge in [-0.25, -0.2) is 0 Å². The van der Waals surface area contributed by atoms with E-state index in [2.05, 4.69) is 56.7 Å². The highest BCUT2D eigenvalue weighted by molar-refractivity contribution is 14.1. The summed E-state index contributed by atoms with van der Waals surface area (Å²) in [6.45, 7) is 0. The molecule has 100 valence electrons. The Morgan fingerprint density at radius 1 is 1.26 bits per heavy atom. The first kappa shape index (κ1) is 14.8. The molecule has 0 saturated heterocycles. The molecule has 0 aromatic heterocycles. The first-order valence-corrected chi connectivity index (χ1v) is 7.81. The maximum atomic E-state index is 6.33. The zero-order valence-corrected chi connectivity index (χ0v) is 14.3. The molecular formula is C15H15BrINO. The molecule has 0 fully saturated rings. The van der Waals surface area contributed by atoms with Gasteiger partial charge in [-0.1, -0.05) is 34.1 Å². The molecule has 0 saturated carbocycles. The second-order valence-electron chi connectivity index (χ2n) is 4.29. The van der Waals surface area contributed by atoms with Gasteiger partial charge in [-0.05, 0) is 64.4 Å². The fraction of sp³-hybridized carbons (Fsp3) is 0.200. The molecule has 19 heavy (non-hydrogen) atoms. The maximum absolute atomic E-state index is 6.33. The van der Waals surface area contributed by atoms with Gasteiger partial charge in [0.05, 0.1) is 7.11 Å². The lowest BCUT2D eigenvalue weighted by Crippen LogP contribution is -2.15. The third kappa shape index (κ3) is 3.70. The van der Waals surface area contributed by atoms with Crippen molar-refractivity contribution in [2.24, 2.45) is 5.73 Å². The molecular weight excluding hydrogens is 417 g/mol. The van der Waals surface area contributed by atoms with Crippen molar-refractivity contribution in [1.29, 1.82) is 0 Å². The van der Waals surface area contributed by atoms with Crippen molar-refractivity contribution in [2.75, 3.05) is 7.11 Å². The van der Waals surface area contributed by atoms with Gasteiger partial charge in [-0.2, -0.15) is 0 Å². The van der Waals surface area contributed by atoms with Gasteiger partial charge >= 0.3 is 0 Å². The smallest absolute Gasteiger partial charge is 0.122 e. The summed E-state index contributed by atoms with van der Waals surface area (Å²) >= 11 is 5.81. The van der Waals surface area contributed by atoms with Crippen molar-refractivity contribution < 1.29 is 4.74 Å². The maximum Gasteiger partial charge on any atom is 0.122 e. The van der Waals surface area contributed by atoms with Crippen LogP contribution in [0.25, 0.3) is 0 Å². The quantitative estimate of drug-likeness (QED) is 0.732. The number of methoxy groups -OCH3 is 1. The SMILES string of the molecule is COc1ccc(Br)cc1CC(N)c1ccccc1I. The van der Waals surface area contributed by atoms with Crippen LogP contribution in [0.15, 0.2) is 46.9 Å². The summed E-state index contributed by atoms with van der Waals surface area (Å²) in [4.78, 5) is 0. The van der Waals surface area contributed by atoms with E-state index in [-0.39, 0.29) is 6.04 Å². The summed E-state index contributed by atoms with van der Waals surface area (Å²) < 4.78 is 7.63. The predicted octanol–water partition coefficient (Wildman–Crippen LogP) is 4.30. The summed E-state index contributed by atoms with van der Waals surface area (Å²) in [5, 5.41) is 0. The zero-order chi connectivity index (χ0) is 13.8. The molecule has 2 rings (SSSR count). The van der Waals surface area contributed by atoms with Gasteiger partial charge in [-0.15, -0.1) is 0 Å². The van der Waals surface area contributed by atoms with Crippen LogP contribution >= 0.6 is 38.5 Å². The van der Waals surface area contributed by atoms with Gasteiger partial charge in [0.1, 0.15) is 5.75 Å². The monoisotopic (exact) mass is 431 g/mol. The van der Waals surface area contributed by atoms with E-state index in [1.807, 2.05) is 24.3 Å². The van der Waals surface area contributed by atoms with Crippen LogP contribution < -0.4 is 10.5 Å². The van der Waals surface area contributed by atoms with Crippen molar-refractivity contribution in [2.45, 2.75) is 12.5 Å². The lowest BCUT2D eigenvalue weighted by Gasteiger charge is -2.16. The second-order valence-corrected chi connectivity index (χ2v) is 6.37. The van der Waals surface area contributed by atoms with Crippen LogP contribution in [-0.2, 0) is 6.42 Å². The van der Waals surface area contributed by atoms with E-state index in [1.54, 1.807) is 7.11 Å². The summed E-state index contributed by atoms with van der Waals surface area (Å²) in [6.07, 6.45) is 0.753. The first-order chi connectivity index (χ1) is 9.11. The molecule has 2 nitrogen and oxygen atoms in total. The van der Waals surface area contributed by atoms with E-state index in [4.69, 9.17) is 10.5 Å². The number of benzene rings is 2. The Labute approximate surface area is 135 Å². The average Bonchev–Trinajstić information content (AvgIpc) is 2.39. The molecule has 2 N–H and O–H groups in total. The van der Waals surface area contributed by atoms with Crippen LogP contribution in [0.2, 0.25) is 0 Å². The number of hydrogen-bond donors (Lipinski definition) is 1. The Balaban J connectivity index is 2.26. The molecule has 0 spiro atoms. The topological polar surface area (TPSA) is 35.2 Å². The number of hydrogen-bond acceptors (Lipinski definition) is 2. The molecule has 2 aromatic carbocycles. The largest absolute Gasteiger partial charge is 0.496 e. The van der Waals surface area contributed by atoms with Crippen LogP contribution in [0.5, 0.6) is 5.75 Å². The molecule has 0 heterocycles. The van der Waals surface area contributed by atoms with E-state index in [9.17, 15) is 0 Å². The zero-order valence-electron chi connectivity index (χ0n) is 10.6. The van der Waals surface area contributed by atoms with Crippen LogP contribution in [0.3, 0.4) is 0 Å². The molecule has 0 aliphatic heterocycles. The minimum Gasteiger partial charge on any atom is -0.496 e. The van der Waals surface area contributed by atoms with Crippen molar-refractivity contribution in [1.82, 2.24) is 0 Å². The Morgan fingerprint density at radius 3 is 2.68 bits per heavy atom. The molecule has 1 atom stereocenters. The normalized spacial score (nSPS) is 12.2. The Hall–Kier alpha value is -0.590. The van der Waals surface area contributed by atoms with Gasteiger partial charge in [-0.3, -0.25) is 0 Å². The van der Waals surface area contributed by atoms with Gasteiger partial charge in [0.2, 0.25) is 0 Å². The van der Waals surface area contributed by atoms with Gasteiger partial charge in [0, 0.05) is 14.1 Å². The van der Waals surface area contributed by atoms with Gasteiger partial charge in [0.15, 0.2) is 0 Å². The number of rotatable bonds is 4. The summed E-state index contributed by atoms with van der Waals surface area (Å²) in [6, 6.07) is 14.2. The van der Waals surface area contributed by atoms with E-state index in [0.29, 0.717) is 0 Å².